The van der Waals surface area contributed by atoms with Crippen LogP contribution in [0.3, 0.4) is 0 Å². The summed E-state index contributed by atoms with van der Waals surface area (Å²) in [6.45, 7) is 1.77. The molecule has 2 heterocycles. The summed E-state index contributed by atoms with van der Waals surface area (Å²) < 4.78 is 6.50. The lowest BCUT2D eigenvalue weighted by Gasteiger charge is -2.32. The van der Waals surface area contributed by atoms with E-state index in [0.29, 0.717) is 23.5 Å². The zero-order chi connectivity index (χ0) is 16.4. The molecule has 1 aliphatic rings. The highest BCUT2D eigenvalue weighted by Gasteiger charge is 2.20. The molecule has 5 heteroatoms. The summed E-state index contributed by atoms with van der Waals surface area (Å²) in [5, 5.41) is 1.41. The third-order valence-electron chi connectivity index (χ3n) is 4.73. The van der Waals surface area contributed by atoms with Crippen molar-refractivity contribution in [3.63, 3.8) is 0 Å². The minimum Gasteiger partial charge on any atom is -0.465 e. The van der Waals surface area contributed by atoms with Crippen LogP contribution < -0.4 is 5.56 Å². The maximum Gasteiger partial charge on any atom is 0.337 e. The van der Waals surface area contributed by atoms with Crippen molar-refractivity contribution in [3.05, 3.63) is 46.4 Å². The number of aromatic nitrogens is 1. The number of likely N-dealkylation sites (N-methyl/N-ethyl adjacent to an activating group) is 1. The smallest absolute Gasteiger partial charge is 0.337 e. The summed E-state index contributed by atoms with van der Waals surface area (Å²) in [5.41, 5.74) is 0.358. The molecule has 0 radical (unpaired) electrons. The second kappa shape index (κ2) is 6.54. The zero-order valence-corrected chi connectivity index (χ0v) is 13.6. The largest absolute Gasteiger partial charge is 0.465 e. The van der Waals surface area contributed by atoms with Crippen molar-refractivity contribution in [2.24, 2.45) is 0 Å². The van der Waals surface area contributed by atoms with E-state index in [1.807, 2.05) is 12.3 Å². The molecule has 5 nitrogen and oxygen atoms in total. The molecule has 3 rings (SSSR count). The highest BCUT2D eigenvalue weighted by Crippen LogP contribution is 2.17. The van der Waals surface area contributed by atoms with Crippen LogP contribution in [0.2, 0.25) is 0 Å². The third kappa shape index (κ3) is 3.15. The molecule has 2 aromatic rings. The number of rotatable bonds is 3. The van der Waals surface area contributed by atoms with Gasteiger partial charge in [0, 0.05) is 24.2 Å². The first-order valence-corrected chi connectivity index (χ1v) is 8.02. The van der Waals surface area contributed by atoms with Gasteiger partial charge < -0.3 is 14.2 Å². The number of fused-ring (bicyclic) bond motifs is 1. The van der Waals surface area contributed by atoms with E-state index in [2.05, 4.69) is 11.9 Å². The maximum absolute atomic E-state index is 12.8. The Morgan fingerprint density at radius 3 is 2.87 bits per heavy atom. The van der Waals surface area contributed by atoms with Crippen molar-refractivity contribution >= 4 is 16.7 Å². The lowest BCUT2D eigenvalue weighted by atomic mass is 10.0. The van der Waals surface area contributed by atoms with Gasteiger partial charge in [0.05, 0.1) is 12.7 Å². The van der Waals surface area contributed by atoms with Crippen molar-refractivity contribution in [2.45, 2.75) is 31.8 Å². The lowest BCUT2D eigenvalue weighted by molar-refractivity contribution is 0.0601. The Bertz CT molecular complexity index is 781. The molecule has 0 amide bonds. The zero-order valence-electron chi connectivity index (χ0n) is 13.6. The summed E-state index contributed by atoms with van der Waals surface area (Å²) in [4.78, 5) is 26.8. The van der Waals surface area contributed by atoms with E-state index in [1.165, 1.54) is 20.0 Å². The van der Waals surface area contributed by atoms with E-state index in [-0.39, 0.29) is 5.56 Å². The molecule has 0 unspecified atom stereocenters. The van der Waals surface area contributed by atoms with Gasteiger partial charge in [0.25, 0.3) is 5.56 Å². The number of likely N-dealkylation sites (tertiary alicyclic amines) is 1. The standard InChI is InChI=1S/C18H22N2O3/c1-19-9-4-3-5-15(19)12-20-10-8-13-6-7-14(18(22)23-2)11-16(13)17(20)21/h6-8,10-11,15H,3-5,9,12H2,1-2H3/t15-/m0/s1. The van der Waals surface area contributed by atoms with E-state index in [0.717, 1.165) is 18.4 Å². The van der Waals surface area contributed by atoms with E-state index in [9.17, 15) is 9.59 Å². The Labute approximate surface area is 135 Å². The molecule has 1 atom stereocenters. The number of methoxy groups -OCH3 is 1. The molecular formula is C18H22N2O3. The number of piperidine rings is 1. The van der Waals surface area contributed by atoms with Crippen LogP contribution in [-0.2, 0) is 11.3 Å². The Hall–Kier alpha value is -2.14. The number of ether oxygens (including phenoxy) is 1. The molecule has 0 N–H and O–H groups in total. The van der Waals surface area contributed by atoms with Crippen molar-refractivity contribution < 1.29 is 9.53 Å². The van der Waals surface area contributed by atoms with Crippen LogP contribution in [0.5, 0.6) is 0 Å². The molecule has 1 aromatic heterocycles. The van der Waals surface area contributed by atoms with Crippen LogP contribution in [-0.4, -0.2) is 42.2 Å². The van der Waals surface area contributed by atoms with Gasteiger partial charge in [-0.3, -0.25) is 4.79 Å². The average Bonchev–Trinajstić information content (AvgIpc) is 2.58. The van der Waals surface area contributed by atoms with Crippen molar-refractivity contribution in [3.8, 4) is 0 Å². The van der Waals surface area contributed by atoms with Crippen LogP contribution in [0, 0.1) is 0 Å². The first kappa shape index (κ1) is 15.7. The molecule has 0 bridgehead atoms. The average molecular weight is 314 g/mol. The first-order valence-electron chi connectivity index (χ1n) is 8.02. The molecule has 122 valence electrons. The van der Waals surface area contributed by atoms with E-state index in [1.54, 1.807) is 22.8 Å². The number of hydrogen-bond donors (Lipinski definition) is 0. The fraction of sp³-hybridized carbons (Fsp3) is 0.444. The summed E-state index contributed by atoms with van der Waals surface area (Å²) in [6.07, 6.45) is 5.40. The lowest BCUT2D eigenvalue weighted by Crippen LogP contribution is -2.41. The number of carbonyl (C=O) groups is 1. The molecule has 23 heavy (non-hydrogen) atoms. The summed E-state index contributed by atoms with van der Waals surface area (Å²) in [5.74, 6) is -0.422. The molecular weight excluding hydrogens is 292 g/mol. The maximum atomic E-state index is 12.8. The van der Waals surface area contributed by atoms with Gasteiger partial charge in [-0.2, -0.15) is 0 Å². The molecule has 1 aliphatic heterocycles. The second-order valence-electron chi connectivity index (χ2n) is 6.20. The van der Waals surface area contributed by atoms with Crippen LogP contribution in [0.15, 0.2) is 35.3 Å². The summed E-state index contributed by atoms with van der Waals surface area (Å²) in [6, 6.07) is 7.43. The quantitative estimate of drug-likeness (QED) is 0.816. The predicted octanol–water partition coefficient (Wildman–Crippen LogP) is 2.27. The Morgan fingerprint density at radius 1 is 1.30 bits per heavy atom. The van der Waals surface area contributed by atoms with Gasteiger partial charge in [-0.25, -0.2) is 4.79 Å². The number of benzene rings is 1. The highest BCUT2D eigenvalue weighted by molar-refractivity contribution is 5.95. The summed E-state index contributed by atoms with van der Waals surface area (Å²) >= 11 is 0. The van der Waals surface area contributed by atoms with Crippen molar-refractivity contribution in [2.75, 3.05) is 20.7 Å². The number of esters is 1. The number of hydrogen-bond acceptors (Lipinski definition) is 4. The van der Waals surface area contributed by atoms with E-state index >= 15 is 0 Å². The predicted molar refractivity (Wildman–Crippen MR) is 89.8 cm³/mol. The van der Waals surface area contributed by atoms with Gasteiger partial charge in [0.2, 0.25) is 0 Å². The minimum absolute atomic E-state index is 0.0489. The second-order valence-corrected chi connectivity index (χ2v) is 6.20. The molecule has 0 saturated carbocycles. The Morgan fingerprint density at radius 2 is 2.13 bits per heavy atom. The van der Waals surface area contributed by atoms with Gasteiger partial charge in [-0.1, -0.05) is 12.5 Å². The van der Waals surface area contributed by atoms with E-state index < -0.39 is 5.97 Å². The SMILES string of the molecule is COC(=O)c1ccc2ccn(C[C@@H]3CCCCN3C)c(=O)c2c1. The highest BCUT2D eigenvalue weighted by atomic mass is 16.5. The van der Waals surface area contributed by atoms with Crippen molar-refractivity contribution in [1.82, 2.24) is 9.47 Å². The van der Waals surface area contributed by atoms with Crippen LogP contribution in [0.4, 0.5) is 0 Å². The van der Waals surface area contributed by atoms with Crippen LogP contribution in [0.1, 0.15) is 29.6 Å². The Balaban J connectivity index is 1.96. The fourth-order valence-electron chi connectivity index (χ4n) is 3.27. The van der Waals surface area contributed by atoms with Gasteiger partial charge in [0.15, 0.2) is 0 Å². The number of pyridine rings is 1. The topological polar surface area (TPSA) is 51.5 Å². The summed E-state index contributed by atoms with van der Waals surface area (Å²) in [7, 11) is 3.46. The van der Waals surface area contributed by atoms with Gasteiger partial charge in [-0.05, 0) is 50.0 Å². The third-order valence-corrected chi connectivity index (χ3v) is 4.73. The Kier molecular flexibility index (Phi) is 4.48. The number of nitrogens with zero attached hydrogens (tertiary/aromatic N) is 2. The molecule has 1 fully saturated rings. The van der Waals surface area contributed by atoms with Gasteiger partial charge >= 0.3 is 5.97 Å². The van der Waals surface area contributed by atoms with Gasteiger partial charge in [0.1, 0.15) is 0 Å². The molecule has 1 saturated heterocycles. The molecule has 0 aliphatic carbocycles. The molecule has 1 aromatic carbocycles. The van der Waals surface area contributed by atoms with Crippen LogP contribution >= 0.6 is 0 Å². The van der Waals surface area contributed by atoms with E-state index in [4.69, 9.17) is 4.74 Å². The van der Waals surface area contributed by atoms with Crippen molar-refractivity contribution in [1.29, 1.82) is 0 Å². The molecule has 0 spiro atoms. The van der Waals surface area contributed by atoms with Crippen LogP contribution in [0.25, 0.3) is 10.8 Å². The monoisotopic (exact) mass is 314 g/mol. The minimum atomic E-state index is -0.422. The normalized spacial score (nSPS) is 19.0. The fourth-order valence-corrected chi connectivity index (χ4v) is 3.27. The number of carbonyl (C=O) groups excluding carboxylic acids is 1. The van der Waals surface area contributed by atoms with Gasteiger partial charge in [-0.15, -0.1) is 0 Å². The first-order chi connectivity index (χ1) is 11.1.